The minimum Gasteiger partial charge on any atom is -0.371 e. The van der Waals surface area contributed by atoms with E-state index in [1.54, 1.807) is 0 Å². The second-order valence-electron chi connectivity index (χ2n) is 10.0. The standard InChI is InChI=1S/C25H29F4N5O3/c1-13(32-20-10-15(26)4-7-19(20)27)24(37)34-17-5-6-18(25(28,29)11-17)21(34)23(36)33-16(12-30)9-14-3-2-8-31-22(14)35/h4,7,10,13-14,16-18,21,32H,2-3,5-6,8-9,11H2,1H3,(H,31,35)(H,33,36)/t13-,14+,16-,17-,18-,21+/m0/s1. The Balaban J connectivity index is 1.54. The van der Waals surface area contributed by atoms with E-state index in [4.69, 9.17) is 0 Å². The van der Waals surface area contributed by atoms with Gasteiger partial charge in [0.1, 0.15) is 29.8 Å². The molecule has 3 saturated heterocycles. The van der Waals surface area contributed by atoms with Crippen LogP contribution in [-0.4, -0.2) is 59.3 Å². The Kier molecular flexibility index (Phi) is 7.62. The van der Waals surface area contributed by atoms with E-state index >= 15 is 0 Å². The summed E-state index contributed by atoms with van der Waals surface area (Å²) in [7, 11) is 0. The van der Waals surface area contributed by atoms with E-state index in [9.17, 15) is 37.2 Å². The topological polar surface area (TPSA) is 114 Å². The number of amides is 3. The number of halogens is 4. The number of nitrogens with zero attached hydrogens (tertiary/aromatic N) is 2. The number of hydrogen-bond donors (Lipinski definition) is 3. The predicted molar refractivity (Wildman–Crippen MR) is 124 cm³/mol. The Morgan fingerprint density at radius 3 is 2.70 bits per heavy atom. The van der Waals surface area contributed by atoms with Gasteiger partial charge in [0.2, 0.25) is 17.7 Å². The van der Waals surface area contributed by atoms with Crippen molar-refractivity contribution in [2.24, 2.45) is 11.8 Å². The summed E-state index contributed by atoms with van der Waals surface area (Å²) < 4.78 is 57.5. The minimum absolute atomic E-state index is 0.0160. The van der Waals surface area contributed by atoms with Crippen LogP contribution >= 0.6 is 0 Å². The van der Waals surface area contributed by atoms with Crippen molar-refractivity contribution in [3.8, 4) is 6.07 Å². The summed E-state index contributed by atoms with van der Waals surface area (Å²) in [6.45, 7) is 1.91. The lowest BCUT2D eigenvalue weighted by molar-refractivity contribution is -0.194. The average Bonchev–Trinajstić information content (AvgIpc) is 2.85. The number of alkyl halides is 2. The number of anilines is 1. The van der Waals surface area contributed by atoms with Gasteiger partial charge in [-0.25, -0.2) is 17.6 Å². The first kappa shape index (κ1) is 26.7. The van der Waals surface area contributed by atoms with Crippen molar-refractivity contribution >= 4 is 23.4 Å². The molecule has 37 heavy (non-hydrogen) atoms. The van der Waals surface area contributed by atoms with E-state index in [0.29, 0.717) is 13.0 Å². The van der Waals surface area contributed by atoms with Gasteiger partial charge in [0.05, 0.1) is 17.7 Å². The molecule has 1 aromatic carbocycles. The van der Waals surface area contributed by atoms with Gasteiger partial charge in [0.15, 0.2) is 0 Å². The molecule has 3 aliphatic heterocycles. The highest BCUT2D eigenvalue weighted by Gasteiger charge is 2.60. The van der Waals surface area contributed by atoms with Gasteiger partial charge in [-0.3, -0.25) is 14.4 Å². The average molecular weight is 524 g/mol. The van der Waals surface area contributed by atoms with Crippen molar-refractivity contribution in [2.75, 3.05) is 11.9 Å². The van der Waals surface area contributed by atoms with Crippen molar-refractivity contribution in [3.05, 3.63) is 29.8 Å². The van der Waals surface area contributed by atoms with Gasteiger partial charge in [0.25, 0.3) is 5.92 Å². The lowest BCUT2D eigenvalue weighted by Crippen LogP contribution is -2.70. The molecule has 3 amide bonds. The molecular formula is C25H29F4N5O3. The van der Waals surface area contributed by atoms with E-state index in [1.807, 2.05) is 6.07 Å². The Hall–Kier alpha value is -3.36. The summed E-state index contributed by atoms with van der Waals surface area (Å²) in [6.07, 6.45) is 0.952. The normalized spacial score (nSPS) is 28.0. The van der Waals surface area contributed by atoms with E-state index in [2.05, 4.69) is 16.0 Å². The third kappa shape index (κ3) is 5.50. The van der Waals surface area contributed by atoms with Crippen LogP contribution in [0, 0.1) is 34.8 Å². The SMILES string of the molecule is C[C@H](Nc1cc(F)ccc1F)C(=O)N1[C@H]2CC[C@@H]([C@@H]1C(=O)N[C@H](C#N)C[C@H]1CCCNC1=O)C(F)(F)C2. The first-order chi connectivity index (χ1) is 17.5. The molecule has 4 fully saturated rings. The summed E-state index contributed by atoms with van der Waals surface area (Å²) in [4.78, 5) is 40.0. The molecule has 3 N–H and O–H groups in total. The number of fused-ring (bicyclic) bond motifs is 3. The Morgan fingerprint density at radius 1 is 1.27 bits per heavy atom. The van der Waals surface area contributed by atoms with Gasteiger partial charge in [0, 0.05) is 24.9 Å². The Morgan fingerprint density at radius 2 is 2.03 bits per heavy atom. The molecule has 4 aliphatic rings. The van der Waals surface area contributed by atoms with E-state index < -0.39 is 71.8 Å². The zero-order valence-corrected chi connectivity index (χ0v) is 20.3. The highest BCUT2D eigenvalue weighted by Crippen LogP contribution is 2.49. The number of carbonyl (C=O) groups is 3. The van der Waals surface area contributed by atoms with Crippen LogP contribution in [0.5, 0.6) is 0 Å². The van der Waals surface area contributed by atoms with E-state index in [-0.39, 0.29) is 30.9 Å². The van der Waals surface area contributed by atoms with Gasteiger partial charge < -0.3 is 20.9 Å². The van der Waals surface area contributed by atoms with Crippen LogP contribution in [0.25, 0.3) is 0 Å². The molecule has 12 heteroatoms. The third-order valence-corrected chi connectivity index (χ3v) is 7.52. The smallest absolute Gasteiger partial charge is 0.255 e. The number of piperidine rings is 3. The quantitative estimate of drug-likeness (QED) is 0.476. The van der Waals surface area contributed by atoms with E-state index in [1.165, 1.54) is 6.92 Å². The van der Waals surface area contributed by atoms with Crippen LogP contribution in [0.2, 0.25) is 0 Å². The molecular weight excluding hydrogens is 494 g/mol. The lowest BCUT2D eigenvalue weighted by Gasteiger charge is -2.54. The minimum atomic E-state index is -3.20. The van der Waals surface area contributed by atoms with Crippen molar-refractivity contribution in [1.29, 1.82) is 5.26 Å². The van der Waals surface area contributed by atoms with Crippen LogP contribution < -0.4 is 16.0 Å². The van der Waals surface area contributed by atoms with Crippen LogP contribution in [0.1, 0.15) is 45.4 Å². The summed E-state index contributed by atoms with van der Waals surface area (Å²) in [5, 5.41) is 17.4. The van der Waals surface area contributed by atoms with Crippen LogP contribution in [0.15, 0.2) is 18.2 Å². The number of rotatable bonds is 7. The largest absolute Gasteiger partial charge is 0.371 e. The van der Waals surface area contributed by atoms with E-state index in [0.717, 1.165) is 29.5 Å². The van der Waals surface area contributed by atoms with Crippen LogP contribution in [0.4, 0.5) is 23.2 Å². The fourth-order valence-electron chi connectivity index (χ4n) is 5.70. The zero-order valence-electron chi connectivity index (χ0n) is 20.3. The second-order valence-corrected chi connectivity index (χ2v) is 10.0. The molecule has 0 unspecified atom stereocenters. The van der Waals surface area contributed by atoms with Gasteiger partial charge in [-0.05, 0) is 57.2 Å². The molecule has 1 saturated carbocycles. The molecule has 1 aliphatic carbocycles. The van der Waals surface area contributed by atoms with Crippen LogP contribution in [-0.2, 0) is 14.4 Å². The van der Waals surface area contributed by atoms with Crippen molar-refractivity contribution in [1.82, 2.24) is 15.5 Å². The van der Waals surface area contributed by atoms with Gasteiger partial charge in [-0.15, -0.1) is 0 Å². The first-order valence-electron chi connectivity index (χ1n) is 12.4. The highest BCUT2D eigenvalue weighted by atomic mass is 19.3. The number of benzene rings is 1. The second kappa shape index (κ2) is 10.6. The summed E-state index contributed by atoms with van der Waals surface area (Å²) in [5.41, 5.74) is -0.273. The summed E-state index contributed by atoms with van der Waals surface area (Å²) >= 11 is 0. The Labute approximate surface area is 211 Å². The fraction of sp³-hybridized carbons (Fsp3) is 0.600. The number of nitriles is 1. The van der Waals surface area contributed by atoms with Crippen molar-refractivity contribution in [2.45, 2.75) is 75.5 Å². The highest BCUT2D eigenvalue weighted by molar-refractivity contribution is 5.92. The monoisotopic (exact) mass is 523 g/mol. The molecule has 3 heterocycles. The molecule has 6 atom stereocenters. The molecule has 200 valence electrons. The van der Waals surface area contributed by atoms with Gasteiger partial charge >= 0.3 is 0 Å². The maximum absolute atomic E-state index is 14.9. The maximum Gasteiger partial charge on any atom is 0.255 e. The van der Waals surface area contributed by atoms with Gasteiger partial charge in [-0.2, -0.15) is 5.26 Å². The fourth-order valence-corrected chi connectivity index (χ4v) is 5.70. The number of hydrogen-bond acceptors (Lipinski definition) is 5. The molecule has 8 nitrogen and oxygen atoms in total. The summed E-state index contributed by atoms with van der Waals surface area (Å²) in [6, 6.07) is -0.139. The molecule has 5 rings (SSSR count). The molecule has 2 bridgehead atoms. The van der Waals surface area contributed by atoms with Crippen molar-refractivity contribution in [3.63, 3.8) is 0 Å². The third-order valence-electron chi connectivity index (χ3n) is 7.52. The molecule has 0 radical (unpaired) electrons. The lowest BCUT2D eigenvalue weighted by atomic mass is 9.71. The predicted octanol–water partition coefficient (Wildman–Crippen LogP) is 2.70. The molecule has 0 spiro atoms. The Bertz CT molecular complexity index is 1110. The number of nitrogens with one attached hydrogen (secondary N) is 3. The molecule has 0 aromatic heterocycles. The van der Waals surface area contributed by atoms with Gasteiger partial charge in [-0.1, -0.05) is 0 Å². The first-order valence-corrected chi connectivity index (χ1v) is 12.4. The summed E-state index contributed by atoms with van der Waals surface area (Å²) in [5.74, 6) is -8.52. The van der Waals surface area contributed by atoms with Crippen molar-refractivity contribution < 1.29 is 31.9 Å². The number of carbonyl (C=O) groups excluding carboxylic acids is 3. The van der Waals surface area contributed by atoms with Crippen LogP contribution in [0.3, 0.4) is 0 Å². The zero-order chi connectivity index (χ0) is 26.9. The molecule has 1 aromatic rings. The maximum atomic E-state index is 14.9.